The zero-order chi connectivity index (χ0) is 14.8. The van der Waals surface area contributed by atoms with Gasteiger partial charge in [0.25, 0.3) is 0 Å². The van der Waals surface area contributed by atoms with E-state index in [0.717, 1.165) is 0 Å². The van der Waals surface area contributed by atoms with Gasteiger partial charge in [0.05, 0.1) is 13.0 Å². The molecule has 2 fully saturated rings. The summed E-state index contributed by atoms with van der Waals surface area (Å²) >= 11 is 0. The van der Waals surface area contributed by atoms with Crippen molar-refractivity contribution < 1.29 is 29.4 Å². The Balaban J connectivity index is 2.05. The number of ketones is 1. The van der Waals surface area contributed by atoms with E-state index in [4.69, 9.17) is 9.47 Å². The average molecular weight is 289 g/mol. The zero-order valence-corrected chi connectivity index (χ0v) is 10.8. The van der Waals surface area contributed by atoms with Gasteiger partial charge in [-0.05, 0) is 0 Å². The van der Waals surface area contributed by atoms with Crippen molar-refractivity contribution in [3.05, 3.63) is 35.4 Å². The molecule has 0 radical (unpaired) electrons. The van der Waals surface area contributed by atoms with Crippen LogP contribution in [0.1, 0.15) is 22.3 Å². The summed E-state index contributed by atoms with van der Waals surface area (Å²) in [6.45, 7) is -0.273. The molecule has 0 amide bonds. The zero-order valence-electron chi connectivity index (χ0n) is 10.8. The molecule has 3 atom stereocenters. The third-order valence-corrected chi connectivity index (χ3v) is 4.44. The molecule has 1 aromatic rings. The van der Waals surface area contributed by atoms with Crippen molar-refractivity contribution in [2.75, 3.05) is 6.61 Å². The number of esters is 1. The molecule has 1 aromatic carbocycles. The molecule has 2 saturated heterocycles. The highest BCUT2D eigenvalue weighted by Gasteiger charge is 2.76. The van der Waals surface area contributed by atoms with Crippen LogP contribution in [0.15, 0.2) is 29.4 Å². The molecule has 7 heteroatoms. The van der Waals surface area contributed by atoms with Gasteiger partial charge in [-0.1, -0.05) is 29.4 Å². The van der Waals surface area contributed by atoms with Gasteiger partial charge in [-0.25, -0.2) is 0 Å². The molecule has 0 aromatic heterocycles. The molecule has 1 aliphatic carbocycles. The summed E-state index contributed by atoms with van der Waals surface area (Å²) in [6, 6.07) is 6.41. The van der Waals surface area contributed by atoms with E-state index in [9.17, 15) is 19.9 Å². The number of fused-ring (bicyclic) bond motifs is 1. The topological polar surface area (TPSA) is 105 Å². The largest absolute Gasteiger partial charge is 0.444 e. The Morgan fingerprint density at radius 1 is 1.24 bits per heavy atom. The van der Waals surface area contributed by atoms with E-state index >= 15 is 0 Å². The summed E-state index contributed by atoms with van der Waals surface area (Å²) < 4.78 is 10.6. The summed E-state index contributed by atoms with van der Waals surface area (Å²) in [6.07, 6.45) is -0.998. The van der Waals surface area contributed by atoms with Gasteiger partial charge in [-0.15, -0.1) is 0 Å². The molecule has 108 valence electrons. The standard InChI is InChI=1S/C14H11NO6/c16-10-5-9-14(21-10)12(17)8-4-2-1-3-7(8)11(15-19)13(14,18)6-20-9/h1-4,9,18-19H,5-6H2/b15-11+/t9-,13-,14-/m0/s1. The van der Waals surface area contributed by atoms with Gasteiger partial charge in [-0.2, -0.15) is 0 Å². The van der Waals surface area contributed by atoms with E-state index in [0.29, 0.717) is 5.56 Å². The number of rotatable bonds is 0. The smallest absolute Gasteiger partial charge is 0.309 e. The van der Waals surface area contributed by atoms with Gasteiger partial charge in [0.1, 0.15) is 11.8 Å². The van der Waals surface area contributed by atoms with Crippen LogP contribution in [-0.4, -0.2) is 51.7 Å². The lowest BCUT2D eigenvalue weighted by molar-refractivity contribution is -0.155. The molecule has 0 unspecified atom stereocenters. The molecule has 4 rings (SSSR count). The number of ether oxygens (including phenoxy) is 2. The SMILES string of the molecule is O=C1C[C@@H]2OC[C@]3(O)/C(=N/O)c4ccccc4C(=O)[C@@]23O1. The number of oxime groups is 1. The highest BCUT2D eigenvalue weighted by atomic mass is 16.6. The Labute approximate surface area is 118 Å². The van der Waals surface area contributed by atoms with E-state index in [1.807, 2.05) is 0 Å². The summed E-state index contributed by atoms with van der Waals surface area (Å²) in [7, 11) is 0. The highest BCUT2D eigenvalue weighted by molar-refractivity contribution is 6.25. The van der Waals surface area contributed by atoms with Crippen LogP contribution >= 0.6 is 0 Å². The highest BCUT2D eigenvalue weighted by Crippen LogP contribution is 2.51. The van der Waals surface area contributed by atoms with E-state index in [1.54, 1.807) is 24.3 Å². The Morgan fingerprint density at radius 2 is 1.95 bits per heavy atom. The van der Waals surface area contributed by atoms with Gasteiger partial charge >= 0.3 is 5.97 Å². The van der Waals surface area contributed by atoms with E-state index in [2.05, 4.69) is 5.16 Å². The van der Waals surface area contributed by atoms with Crippen LogP contribution in [0.4, 0.5) is 0 Å². The van der Waals surface area contributed by atoms with Crippen molar-refractivity contribution in [2.45, 2.75) is 23.7 Å². The minimum atomic E-state index is -1.98. The lowest BCUT2D eigenvalue weighted by Crippen LogP contribution is -2.68. The van der Waals surface area contributed by atoms with E-state index < -0.39 is 29.1 Å². The summed E-state index contributed by atoms with van der Waals surface area (Å²) in [4.78, 5) is 24.5. The molecule has 2 aliphatic heterocycles. The lowest BCUT2D eigenvalue weighted by atomic mass is 9.66. The van der Waals surface area contributed by atoms with Crippen molar-refractivity contribution in [1.29, 1.82) is 0 Å². The fourth-order valence-corrected chi connectivity index (χ4v) is 3.51. The first-order valence-corrected chi connectivity index (χ1v) is 6.47. The maximum Gasteiger partial charge on any atom is 0.309 e. The minimum Gasteiger partial charge on any atom is -0.444 e. The number of hydrogen-bond acceptors (Lipinski definition) is 7. The lowest BCUT2D eigenvalue weighted by Gasteiger charge is -2.41. The average Bonchev–Trinajstić information content (AvgIpc) is 2.95. The summed E-state index contributed by atoms with van der Waals surface area (Å²) in [5.74, 6) is -1.15. The molecule has 0 saturated carbocycles. The van der Waals surface area contributed by atoms with Gasteiger partial charge in [-0.3, -0.25) is 9.59 Å². The predicted octanol–water partition coefficient (Wildman–Crippen LogP) is -0.123. The first kappa shape index (κ1) is 12.5. The van der Waals surface area contributed by atoms with Crippen LogP contribution in [-0.2, 0) is 14.3 Å². The van der Waals surface area contributed by atoms with E-state index in [-0.39, 0.29) is 24.3 Å². The number of nitrogens with zero attached hydrogens (tertiary/aromatic N) is 1. The van der Waals surface area contributed by atoms with Crippen LogP contribution in [0.5, 0.6) is 0 Å². The van der Waals surface area contributed by atoms with Crippen LogP contribution < -0.4 is 0 Å². The Bertz CT molecular complexity index is 713. The first-order valence-electron chi connectivity index (χ1n) is 6.47. The number of benzene rings is 1. The Morgan fingerprint density at radius 3 is 2.67 bits per heavy atom. The summed E-state index contributed by atoms with van der Waals surface area (Å²) in [5.41, 5.74) is -3.41. The Kier molecular flexibility index (Phi) is 2.19. The van der Waals surface area contributed by atoms with Crippen molar-refractivity contribution >= 4 is 17.5 Å². The number of Topliss-reactive ketones (excluding diaryl/α,β-unsaturated/α-hetero) is 1. The molecule has 3 aliphatic rings. The van der Waals surface area contributed by atoms with Crippen LogP contribution in [0.2, 0.25) is 0 Å². The maximum atomic E-state index is 12.9. The number of aliphatic hydroxyl groups is 1. The Hall–Kier alpha value is -2.25. The predicted molar refractivity (Wildman–Crippen MR) is 67.2 cm³/mol. The minimum absolute atomic E-state index is 0.116. The third-order valence-electron chi connectivity index (χ3n) is 4.44. The van der Waals surface area contributed by atoms with Crippen molar-refractivity contribution in [3.63, 3.8) is 0 Å². The molecule has 21 heavy (non-hydrogen) atoms. The van der Waals surface area contributed by atoms with Crippen molar-refractivity contribution in [1.82, 2.24) is 0 Å². The second-order valence-electron chi connectivity index (χ2n) is 5.40. The number of hydrogen-bond donors (Lipinski definition) is 2. The molecule has 1 spiro atoms. The third kappa shape index (κ3) is 1.19. The molecule has 7 nitrogen and oxygen atoms in total. The van der Waals surface area contributed by atoms with Crippen molar-refractivity contribution in [3.8, 4) is 0 Å². The second kappa shape index (κ2) is 3.69. The monoisotopic (exact) mass is 289 g/mol. The van der Waals surface area contributed by atoms with Crippen molar-refractivity contribution in [2.24, 2.45) is 5.16 Å². The molecule has 0 bridgehead atoms. The molecular formula is C14H11NO6. The summed E-state index contributed by atoms with van der Waals surface area (Å²) in [5, 5.41) is 23.5. The van der Waals surface area contributed by atoms with Gasteiger partial charge < -0.3 is 19.8 Å². The van der Waals surface area contributed by atoms with Crippen LogP contribution in [0.3, 0.4) is 0 Å². The quantitative estimate of drug-likeness (QED) is 0.392. The van der Waals surface area contributed by atoms with E-state index in [1.165, 1.54) is 0 Å². The van der Waals surface area contributed by atoms with Gasteiger partial charge in [0, 0.05) is 11.1 Å². The number of carbonyl (C=O) groups is 2. The van der Waals surface area contributed by atoms with Gasteiger partial charge in [0.15, 0.2) is 5.60 Å². The maximum absolute atomic E-state index is 12.9. The second-order valence-corrected chi connectivity index (χ2v) is 5.40. The molecular weight excluding hydrogens is 278 g/mol. The fourth-order valence-electron chi connectivity index (χ4n) is 3.51. The fraction of sp³-hybridized carbons (Fsp3) is 0.357. The van der Waals surface area contributed by atoms with Crippen LogP contribution in [0.25, 0.3) is 0 Å². The van der Waals surface area contributed by atoms with Crippen LogP contribution in [0, 0.1) is 0 Å². The first-order chi connectivity index (χ1) is 10.0. The number of carbonyl (C=O) groups excluding carboxylic acids is 2. The van der Waals surface area contributed by atoms with Gasteiger partial charge in [0.2, 0.25) is 11.4 Å². The molecule has 2 N–H and O–H groups in total. The normalized spacial score (nSPS) is 38.9. The molecule has 2 heterocycles.